The number of methoxy groups -OCH3 is 3. The summed E-state index contributed by atoms with van der Waals surface area (Å²) in [7, 11) is 6.98. The number of piperidine rings is 3. The van der Waals surface area contributed by atoms with Crippen LogP contribution in [0.5, 0.6) is 5.75 Å². The summed E-state index contributed by atoms with van der Waals surface area (Å²) in [6, 6.07) is 13.0. The number of likely N-dealkylation sites (N-methyl/N-ethyl adjacent to an activating group) is 1. The van der Waals surface area contributed by atoms with Crippen LogP contribution in [0.15, 0.2) is 48.0 Å². The molecule has 0 spiro atoms. The van der Waals surface area contributed by atoms with Crippen molar-refractivity contribution in [2.45, 2.75) is 75.8 Å². The van der Waals surface area contributed by atoms with Crippen LogP contribution in [0.25, 0.3) is 21.8 Å². The molecule has 4 aromatic rings. The molecule has 2 aromatic heterocycles. The van der Waals surface area contributed by atoms with Gasteiger partial charge in [0.25, 0.3) is 0 Å². The first kappa shape index (κ1) is 33.7. The number of hydrogen-bond donors (Lipinski definition) is 2. The highest BCUT2D eigenvalue weighted by atomic mass is 16.5. The number of fused-ring (bicyclic) bond motifs is 9. The smallest absolute Gasteiger partial charge is 0.319 e. The largest absolute Gasteiger partial charge is 0.496 e. The maximum absolute atomic E-state index is 14.4. The van der Waals surface area contributed by atoms with Gasteiger partial charge >= 0.3 is 11.9 Å². The first-order valence-corrected chi connectivity index (χ1v) is 19.3. The first-order valence-electron chi connectivity index (χ1n) is 19.3. The van der Waals surface area contributed by atoms with Crippen molar-refractivity contribution in [3.63, 3.8) is 0 Å². The molecule has 1 saturated carbocycles. The highest BCUT2D eigenvalue weighted by molar-refractivity contribution is 5.95. The predicted molar refractivity (Wildman–Crippen MR) is 202 cm³/mol. The second-order valence-electron chi connectivity index (χ2n) is 16.3. The van der Waals surface area contributed by atoms with Gasteiger partial charge in [-0.1, -0.05) is 43.2 Å². The molecule has 0 radical (unpaired) electrons. The van der Waals surface area contributed by atoms with Gasteiger partial charge in [-0.2, -0.15) is 0 Å². The summed E-state index contributed by atoms with van der Waals surface area (Å²) >= 11 is 0. The van der Waals surface area contributed by atoms with Gasteiger partial charge in [-0.3, -0.25) is 19.4 Å². The van der Waals surface area contributed by atoms with Gasteiger partial charge < -0.3 is 24.2 Å². The minimum atomic E-state index is -0.756. The molecule has 52 heavy (non-hydrogen) atoms. The maximum atomic E-state index is 14.4. The van der Waals surface area contributed by atoms with Crippen molar-refractivity contribution in [2.75, 3.05) is 48.0 Å². The lowest BCUT2D eigenvalue weighted by atomic mass is 9.56. The maximum Gasteiger partial charge on any atom is 0.319 e. The quantitative estimate of drug-likeness (QED) is 0.181. The molecular weight excluding hydrogens is 652 g/mol. The molecule has 9 atom stereocenters. The Morgan fingerprint density at radius 1 is 1.02 bits per heavy atom. The fourth-order valence-corrected chi connectivity index (χ4v) is 12.1. The number of para-hydroxylation sites is 1. The number of ether oxygens (including phenoxy) is 3. The summed E-state index contributed by atoms with van der Waals surface area (Å²) in [5.74, 6) is 0.960. The van der Waals surface area contributed by atoms with Crippen molar-refractivity contribution in [2.24, 2.45) is 23.7 Å². The number of likely N-dealkylation sites (tertiary alicyclic amines) is 1. The zero-order valence-electron chi connectivity index (χ0n) is 31.4. The Labute approximate surface area is 306 Å². The summed E-state index contributed by atoms with van der Waals surface area (Å²) in [5, 5.41) is 2.35. The van der Waals surface area contributed by atoms with Crippen LogP contribution in [-0.4, -0.2) is 91.8 Å². The summed E-state index contributed by atoms with van der Waals surface area (Å²) < 4.78 is 17.7. The minimum Gasteiger partial charge on any atom is -0.496 e. The Hall–Kier alpha value is -4.08. The molecule has 2 aliphatic carbocycles. The van der Waals surface area contributed by atoms with Crippen LogP contribution in [0, 0.1) is 23.7 Å². The van der Waals surface area contributed by atoms with E-state index in [9.17, 15) is 9.59 Å². The summed E-state index contributed by atoms with van der Waals surface area (Å²) in [6.45, 7) is 7.16. The Kier molecular flexibility index (Phi) is 8.12. The average Bonchev–Trinajstić information content (AvgIpc) is 3.70. The molecular formula is C43H52N4O5. The van der Waals surface area contributed by atoms with Crippen molar-refractivity contribution in [1.82, 2.24) is 19.8 Å². The van der Waals surface area contributed by atoms with Crippen molar-refractivity contribution in [3.8, 4) is 5.75 Å². The molecule has 3 saturated heterocycles. The molecule has 9 nitrogen and oxygen atoms in total. The molecule has 10 rings (SSSR count). The molecule has 4 aliphatic heterocycles. The van der Waals surface area contributed by atoms with Crippen LogP contribution >= 0.6 is 0 Å². The third kappa shape index (κ3) is 4.60. The van der Waals surface area contributed by atoms with Crippen LogP contribution < -0.4 is 4.74 Å². The average molecular weight is 705 g/mol. The third-order valence-corrected chi connectivity index (χ3v) is 14.2. The Balaban J connectivity index is 1.32. The molecule has 6 heterocycles. The summed E-state index contributed by atoms with van der Waals surface area (Å²) in [5.41, 5.74) is 8.43. The number of hydrogen-bond acceptors (Lipinski definition) is 7. The van der Waals surface area contributed by atoms with Crippen LogP contribution in [0.2, 0.25) is 0 Å². The molecule has 9 heteroatoms. The zero-order chi connectivity index (χ0) is 36.1. The fourth-order valence-electron chi connectivity index (χ4n) is 12.1. The zero-order valence-corrected chi connectivity index (χ0v) is 31.4. The van der Waals surface area contributed by atoms with Crippen LogP contribution in [0.1, 0.15) is 73.5 Å². The van der Waals surface area contributed by atoms with Gasteiger partial charge in [0.15, 0.2) is 0 Å². The number of allylic oxidation sites excluding steroid dienone is 1. The summed E-state index contributed by atoms with van der Waals surface area (Å²) in [6.07, 6.45) is 7.53. The molecule has 4 fully saturated rings. The van der Waals surface area contributed by atoms with E-state index in [2.05, 4.69) is 83.1 Å². The number of H-pyrrole nitrogens is 2. The number of nitrogens with zero attached hydrogens (tertiary/aromatic N) is 2. The van der Waals surface area contributed by atoms with Gasteiger partial charge in [-0.15, -0.1) is 0 Å². The second-order valence-corrected chi connectivity index (χ2v) is 16.3. The SMILES string of the molecule is C/C=C1/CN(C)[C@H]2Cc3c([nH]c4ccccc34)C(c3c(OC)ccc4c5c([nH]c34)[C@]3(C(=O)OC)C[C@H]4C[C@H](CC)[C@@H]3N(CC5)C4)C[C@@H]1[C@@H]2C(=O)OC. The Bertz CT molecular complexity index is 2110. The van der Waals surface area contributed by atoms with Crippen molar-refractivity contribution >= 4 is 33.7 Å². The van der Waals surface area contributed by atoms with E-state index in [1.807, 2.05) is 0 Å². The van der Waals surface area contributed by atoms with Crippen molar-refractivity contribution in [1.29, 1.82) is 0 Å². The highest BCUT2D eigenvalue weighted by Crippen LogP contribution is 2.57. The molecule has 2 aromatic carbocycles. The van der Waals surface area contributed by atoms with E-state index in [1.54, 1.807) is 14.2 Å². The van der Waals surface area contributed by atoms with E-state index >= 15 is 0 Å². The number of carbonyl (C=O) groups excluding carboxylic acids is 2. The van der Waals surface area contributed by atoms with Crippen molar-refractivity contribution < 1.29 is 23.8 Å². The van der Waals surface area contributed by atoms with Gasteiger partial charge in [-0.05, 0) is 93.2 Å². The van der Waals surface area contributed by atoms with E-state index in [0.29, 0.717) is 18.3 Å². The lowest BCUT2D eigenvalue weighted by molar-refractivity contribution is -0.162. The van der Waals surface area contributed by atoms with E-state index in [4.69, 9.17) is 14.2 Å². The molecule has 2 N–H and O–H groups in total. The van der Waals surface area contributed by atoms with Crippen LogP contribution in [0.3, 0.4) is 0 Å². The third-order valence-electron chi connectivity index (χ3n) is 14.2. The van der Waals surface area contributed by atoms with Gasteiger partial charge in [0.05, 0.1) is 32.8 Å². The predicted octanol–water partition coefficient (Wildman–Crippen LogP) is 6.49. The Morgan fingerprint density at radius 2 is 1.85 bits per heavy atom. The van der Waals surface area contributed by atoms with Crippen LogP contribution in [0.4, 0.5) is 0 Å². The van der Waals surface area contributed by atoms with E-state index in [0.717, 1.165) is 78.7 Å². The summed E-state index contributed by atoms with van der Waals surface area (Å²) in [4.78, 5) is 41.2. The first-order chi connectivity index (χ1) is 25.3. The van der Waals surface area contributed by atoms with E-state index in [-0.39, 0.29) is 41.8 Å². The molecule has 6 aliphatic rings. The lowest BCUT2D eigenvalue weighted by Crippen LogP contribution is -2.67. The van der Waals surface area contributed by atoms with Gasteiger partial charge in [0, 0.05) is 70.9 Å². The number of aromatic amines is 2. The monoisotopic (exact) mass is 704 g/mol. The number of carbonyl (C=O) groups is 2. The second kappa shape index (κ2) is 12.5. The number of nitrogens with one attached hydrogen (secondary N) is 2. The van der Waals surface area contributed by atoms with Gasteiger partial charge in [0.1, 0.15) is 11.2 Å². The number of benzene rings is 2. The number of rotatable bonds is 5. The topological polar surface area (TPSA) is 99.9 Å². The highest BCUT2D eigenvalue weighted by Gasteiger charge is 2.63. The Morgan fingerprint density at radius 3 is 2.60 bits per heavy atom. The van der Waals surface area contributed by atoms with Gasteiger partial charge in [-0.25, -0.2) is 0 Å². The molecule has 6 bridgehead atoms. The molecule has 2 unspecified atom stereocenters. The van der Waals surface area contributed by atoms with Crippen molar-refractivity contribution in [3.05, 3.63) is 76.1 Å². The van der Waals surface area contributed by atoms with Gasteiger partial charge in [0.2, 0.25) is 0 Å². The standard InChI is InChI=1S/C43H52N4O5/c1-7-24-17-23-20-43(42(49)52-6)39-28(15-16-47(21-23)40(24)43)27-13-14-34(50-4)36(38(27)45-39)31-18-29-25(8-2)22-46(3)33(35(29)41(48)51-5)19-30-26-11-9-10-12-32(26)44-37(30)31/h8-14,23-24,29,31,33,35,40,44-45H,7,15-22H2,1-6H3/b25-8-/t23-,24+,29+,31?,33+,35+,40+,43-/m1/s1. The number of aromatic nitrogens is 2. The lowest BCUT2D eigenvalue weighted by Gasteiger charge is -2.57. The molecule has 274 valence electrons. The minimum absolute atomic E-state index is 0.00427. The number of esters is 2. The van der Waals surface area contributed by atoms with Crippen LogP contribution in [-0.2, 0) is 37.3 Å². The fraction of sp³-hybridized carbons (Fsp3) is 0.535. The van der Waals surface area contributed by atoms with E-state index < -0.39 is 5.41 Å². The normalized spacial score (nSPS) is 33.2. The molecule has 0 amide bonds. The van der Waals surface area contributed by atoms with E-state index in [1.165, 1.54) is 41.3 Å².